The number of imidazole rings is 1. The predicted octanol–water partition coefficient (Wildman–Crippen LogP) is 1.62. The molecule has 2 aromatic rings. The van der Waals surface area contributed by atoms with Gasteiger partial charge in [-0.1, -0.05) is 12.1 Å². The van der Waals surface area contributed by atoms with Gasteiger partial charge in [-0.3, -0.25) is 9.59 Å². The number of aromatic nitrogens is 2. The Morgan fingerprint density at radius 1 is 1.28 bits per heavy atom. The third-order valence-corrected chi connectivity index (χ3v) is 4.09. The summed E-state index contributed by atoms with van der Waals surface area (Å²) in [5, 5.41) is 5.21. The molecule has 0 saturated carbocycles. The molecule has 0 saturated heterocycles. The van der Waals surface area contributed by atoms with Gasteiger partial charge < -0.3 is 19.9 Å². The van der Waals surface area contributed by atoms with Gasteiger partial charge in [-0.15, -0.1) is 0 Å². The Morgan fingerprint density at radius 2 is 2.16 bits per heavy atom. The van der Waals surface area contributed by atoms with Gasteiger partial charge in [-0.05, 0) is 30.5 Å². The van der Waals surface area contributed by atoms with Crippen LogP contribution in [0.3, 0.4) is 0 Å². The van der Waals surface area contributed by atoms with Crippen molar-refractivity contribution >= 4 is 17.5 Å². The van der Waals surface area contributed by atoms with Crippen LogP contribution in [0, 0.1) is 0 Å². The predicted molar refractivity (Wildman–Crippen MR) is 92.8 cm³/mol. The average molecular weight is 342 g/mol. The van der Waals surface area contributed by atoms with Crippen molar-refractivity contribution in [2.75, 3.05) is 12.4 Å². The summed E-state index contributed by atoms with van der Waals surface area (Å²) in [6.07, 6.45) is 5.21. The first-order valence-electron chi connectivity index (χ1n) is 8.37. The molecule has 0 spiro atoms. The highest BCUT2D eigenvalue weighted by atomic mass is 16.5. The first-order chi connectivity index (χ1) is 12.2. The minimum atomic E-state index is -0.696. The minimum Gasteiger partial charge on any atom is -0.380 e. The Hall–Kier alpha value is -2.67. The number of nitrogens with one attached hydrogen (secondary N) is 2. The Kier molecular flexibility index (Phi) is 5.45. The first kappa shape index (κ1) is 17.2. The van der Waals surface area contributed by atoms with E-state index in [0.717, 1.165) is 42.9 Å². The van der Waals surface area contributed by atoms with Crippen LogP contribution in [-0.4, -0.2) is 28.5 Å². The third kappa shape index (κ3) is 4.45. The summed E-state index contributed by atoms with van der Waals surface area (Å²) >= 11 is 0. The highest BCUT2D eigenvalue weighted by Crippen LogP contribution is 2.14. The number of anilines is 1. The number of carbonyl (C=O) groups is 2. The zero-order valence-corrected chi connectivity index (χ0v) is 14.2. The van der Waals surface area contributed by atoms with E-state index in [2.05, 4.69) is 20.2 Å². The Balaban J connectivity index is 1.53. The SMILES string of the molecule is COCc1cccc(NC(=O)C(=O)NCc2cn3c(n2)CCCC3)c1. The molecule has 25 heavy (non-hydrogen) atoms. The van der Waals surface area contributed by atoms with Crippen molar-refractivity contribution in [3.63, 3.8) is 0 Å². The van der Waals surface area contributed by atoms with Crippen molar-refractivity contribution in [3.05, 3.63) is 47.5 Å². The molecule has 0 aliphatic carbocycles. The van der Waals surface area contributed by atoms with Crippen molar-refractivity contribution in [2.45, 2.75) is 39.0 Å². The molecular weight excluding hydrogens is 320 g/mol. The number of methoxy groups -OCH3 is 1. The van der Waals surface area contributed by atoms with Crippen LogP contribution in [-0.2, 0) is 40.4 Å². The van der Waals surface area contributed by atoms with E-state index < -0.39 is 11.8 Å². The molecule has 0 unspecified atom stereocenters. The smallest absolute Gasteiger partial charge is 0.313 e. The van der Waals surface area contributed by atoms with Gasteiger partial charge in [0.1, 0.15) is 5.82 Å². The van der Waals surface area contributed by atoms with Crippen molar-refractivity contribution in [1.29, 1.82) is 0 Å². The topological polar surface area (TPSA) is 85.2 Å². The summed E-state index contributed by atoms with van der Waals surface area (Å²) in [6.45, 7) is 1.66. The molecule has 0 radical (unpaired) electrons. The lowest BCUT2D eigenvalue weighted by atomic mass is 10.2. The summed E-state index contributed by atoms with van der Waals surface area (Å²) < 4.78 is 7.17. The first-order valence-corrected chi connectivity index (χ1v) is 8.37. The zero-order chi connectivity index (χ0) is 17.6. The molecule has 132 valence electrons. The lowest BCUT2D eigenvalue weighted by molar-refractivity contribution is -0.136. The molecule has 3 rings (SSSR count). The second-order valence-electron chi connectivity index (χ2n) is 6.07. The largest absolute Gasteiger partial charge is 0.380 e. The van der Waals surface area contributed by atoms with Gasteiger partial charge in [0.05, 0.1) is 18.8 Å². The number of amides is 2. The molecule has 1 aromatic carbocycles. The van der Waals surface area contributed by atoms with Crippen LogP contribution in [0.2, 0.25) is 0 Å². The van der Waals surface area contributed by atoms with Crippen molar-refractivity contribution in [3.8, 4) is 0 Å². The third-order valence-electron chi connectivity index (χ3n) is 4.09. The van der Waals surface area contributed by atoms with Gasteiger partial charge in [0, 0.05) is 32.0 Å². The van der Waals surface area contributed by atoms with Crippen LogP contribution in [0.25, 0.3) is 0 Å². The molecule has 0 fully saturated rings. The van der Waals surface area contributed by atoms with Gasteiger partial charge in [-0.2, -0.15) is 0 Å². The molecule has 1 aliphatic rings. The number of fused-ring (bicyclic) bond motifs is 1. The molecule has 1 aromatic heterocycles. The quantitative estimate of drug-likeness (QED) is 0.809. The highest BCUT2D eigenvalue weighted by molar-refractivity contribution is 6.39. The summed E-state index contributed by atoms with van der Waals surface area (Å²) in [7, 11) is 1.60. The van der Waals surface area contributed by atoms with Gasteiger partial charge >= 0.3 is 11.8 Å². The number of hydrogen-bond acceptors (Lipinski definition) is 4. The number of rotatable bonds is 5. The summed E-state index contributed by atoms with van der Waals surface area (Å²) in [5.41, 5.74) is 2.26. The van der Waals surface area contributed by atoms with E-state index in [4.69, 9.17) is 4.74 Å². The van der Waals surface area contributed by atoms with E-state index in [1.165, 1.54) is 0 Å². The number of benzene rings is 1. The van der Waals surface area contributed by atoms with Crippen LogP contribution in [0.15, 0.2) is 30.5 Å². The molecule has 7 heteroatoms. The monoisotopic (exact) mass is 342 g/mol. The minimum absolute atomic E-state index is 0.246. The highest BCUT2D eigenvalue weighted by Gasteiger charge is 2.16. The van der Waals surface area contributed by atoms with Gasteiger partial charge in [0.2, 0.25) is 0 Å². The zero-order valence-electron chi connectivity index (χ0n) is 14.2. The van der Waals surface area contributed by atoms with Crippen molar-refractivity contribution in [2.24, 2.45) is 0 Å². The molecule has 2 amide bonds. The summed E-state index contributed by atoms with van der Waals surface area (Å²) in [4.78, 5) is 28.5. The van der Waals surface area contributed by atoms with Gasteiger partial charge in [-0.25, -0.2) is 4.98 Å². The summed E-state index contributed by atoms with van der Waals surface area (Å²) in [6, 6.07) is 7.20. The van der Waals surface area contributed by atoms with Crippen molar-refractivity contribution < 1.29 is 14.3 Å². The van der Waals surface area contributed by atoms with E-state index >= 15 is 0 Å². The number of carbonyl (C=O) groups excluding carboxylic acids is 2. The van der Waals surface area contributed by atoms with Crippen LogP contribution in [0.4, 0.5) is 5.69 Å². The number of ether oxygens (including phenoxy) is 1. The van der Waals surface area contributed by atoms with Crippen molar-refractivity contribution in [1.82, 2.24) is 14.9 Å². The van der Waals surface area contributed by atoms with E-state index in [1.54, 1.807) is 25.3 Å². The second kappa shape index (κ2) is 7.94. The van der Waals surface area contributed by atoms with Crippen LogP contribution < -0.4 is 10.6 Å². The number of nitrogens with zero attached hydrogens (tertiary/aromatic N) is 2. The fourth-order valence-corrected chi connectivity index (χ4v) is 2.90. The number of hydrogen-bond donors (Lipinski definition) is 2. The normalized spacial score (nSPS) is 13.2. The second-order valence-corrected chi connectivity index (χ2v) is 6.07. The van der Waals surface area contributed by atoms with E-state index in [-0.39, 0.29) is 6.54 Å². The van der Waals surface area contributed by atoms with E-state index in [1.807, 2.05) is 12.3 Å². The van der Waals surface area contributed by atoms with Gasteiger partial charge in [0.15, 0.2) is 0 Å². The summed E-state index contributed by atoms with van der Waals surface area (Å²) in [5.74, 6) is -0.323. The maximum absolute atomic E-state index is 12.0. The van der Waals surface area contributed by atoms with E-state index in [9.17, 15) is 9.59 Å². The fourth-order valence-electron chi connectivity index (χ4n) is 2.90. The molecule has 2 N–H and O–H groups in total. The lowest BCUT2D eigenvalue weighted by Crippen LogP contribution is -2.35. The van der Waals surface area contributed by atoms with Gasteiger partial charge in [0.25, 0.3) is 0 Å². The molecular formula is C18H22N4O3. The maximum Gasteiger partial charge on any atom is 0.313 e. The Labute approximate surface area is 146 Å². The number of aryl methyl sites for hydroxylation is 2. The average Bonchev–Trinajstić information content (AvgIpc) is 3.03. The Bertz CT molecular complexity index is 746. The fraction of sp³-hybridized carbons (Fsp3) is 0.389. The molecule has 2 heterocycles. The molecule has 0 bridgehead atoms. The van der Waals surface area contributed by atoms with Crippen LogP contribution >= 0.6 is 0 Å². The lowest BCUT2D eigenvalue weighted by Gasteiger charge is -2.11. The maximum atomic E-state index is 12.0. The standard InChI is InChI=1S/C18H22N4O3/c1-25-12-13-5-4-6-14(9-13)21-18(24)17(23)19-10-15-11-22-8-3-2-7-16(22)20-15/h4-6,9,11H,2-3,7-8,10,12H2,1H3,(H,19,23)(H,21,24). The van der Waals surface area contributed by atoms with E-state index in [0.29, 0.717) is 12.3 Å². The molecule has 0 atom stereocenters. The molecule has 1 aliphatic heterocycles. The van der Waals surface area contributed by atoms with Crippen LogP contribution in [0.1, 0.15) is 29.9 Å². The molecule has 7 nitrogen and oxygen atoms in total. The van der Waals surface area contributed by atoms with Crippen LogP contribution in [0.5, 0.6) is 0 Å². The Morgan fingerprint density at radius 3 is 2.96 bits per heavy atom.